The molecule has 0 spiro atoms. The average Bonchev–Trinajstić information content (AvgIpc) is 2.83. The Labute approximate surface area is 261 Å². The van der Waals surface area contributed by atoms with Crippen molar-refractivity contribution in [2.75, 3.05) is 0 Å². The fourth-order valence-corrected chi connectivity index (χ4v) is 3.68. The van der Waals surface area contributed by atoms with Crippen molar-refractivity contribution in [2.45, 2.75) is 175 Å². The third kappa shape index (κ3) is 56.9. The molecule has 0 saturated heterocycles. The van der Waals surface area contributed by atoms with Crippen LogP contribution >= 0.6 is 0 Å². The van der Waals surface area contributed by atoms with Crippen LogP contribution in [0.1, 0.15) is 175 Å². The number of carboxylic acids is 3. The molecule has 219 valence electrons. The van der Waals surface area contributed by atoms with Gasteiger partial charge < -0.3 is 29.7 Å². The molecule has 0 aliphatic heterocycles. The van der Waals surface area contributed by atoms with Gasteiger partial charge in [0.05, 0.1) is 0 Å². The Bertz CT molecular complexity index is 404. The second-order valence-electron chi connectivity index (χ2n) is 9.73. The number of carbonyl (C=O) groups is 3. The van der Waals surface area contributed by atoms with Gasteiger partial charge in [0, 0.05) is 17.9 Å². The Morgan fingerprint density at radius 1 is 0.351 bits per heavy atom. The minimum atomic E-state index is -0.913. The molecule has 37 heavy (non-hydrogen) atoms. The van der Waals surface area contributed by atoms with Gasteiger partial charge in [-0.2, -0.15) is 0 Å². The Hall–Kier alpha value is -0.252. The van der Waals surface area contributed by atoms with Gasteiger partial charge in [-0.25, -0.2) is 0 Å². The molecule has 7 heteroatoms. The van der Waals surface area contributed by atoms with Crippen molar-refractivity contribution in [1.82, 2.24) is 0 Å². The van der Waals surface area contributed by atoms with Gasteiger partial charge in [-0.3, -0.25) is 0 Å². The quantitative estimate of drug-likeness (QED) is 0.124. The normalized spacial score (nSPS) is 9.81. The van der Waals surface area contributed by atoms with Crippen LogP contribution in [0.2, 0.25) is 0 Å². The van der Waals surface area contributed by atoms with Crippen LogP contribution in [0, 0.1) is 40.4 Å². The van der Waals surface area contributed by atoms with Gasteiger partial charge >= 0.3 is 40.4 Å². The first-order chi connectivity index (χ1) is 17.3. The predicted molar refractivity (Wildman–Crippen MR) is 143 cm³/mol. The number of unbranched alkanes of at least 4 members (excludes halogenated alkanes) is 18. The van der Waals surface area contributed by atoms with Gasteiger partial charge in [0.15, 0.2) is 0 Å². The second kappa shape index (κ2) is 40.2. The van der Waals surface area contributed by atoms with Crippen LogP contribution in [0.4, 0.5) is 0 Å². The molecule has 0 aromatic rings. The summed E-state index contributed by atoms with van der Waals surface area (Å²) in [5.74, 6) is -2.74. The smallest absolute Gasteiger partial charge is 0.550 e. The predicted octanol–water partition coefficient (Wildman–Crippen LogP) is 5.63. The average molecular weight is 664 g/mol. The summed E-state index contributed by atoms with van der Waals surface area (Å²) in [6, 6.07) is 0. The van der Waals surface area contributed by atoms with Crippen molar-refractivity contribution < 1.29 is 70.1 Å². The van der Waals surface area contributed by atoms with E-state index in [4.69, 9.17) is 0 Å². The molecule has 0 atom stereocenters. The summed E-state index contributed by atoms with van der Waals surface area (Å²) in [5.41, 5.74) is 0. The number of carbonyl (C=O) groups excluding carboxylic acids is 3. The summed E-state index contributed by atoms with van der Waals surface area (Å²) >= 11 is 0. The monoisotopic (exact) mass is 665 g/mol. The van der Waals surface area contributed by atoms with Crippen LogP contribution in [-0.4, -0.2) is 17.9 Å². The van der Waals surface area contributed by atoms with Crippen LogP contribution in [0.3, 0.4) is 0 Å². The molecule has 0 aliphatic carbocycles. The maximum atomic E-state index is 10.0. The van der Waals surface area contributed by atoms with E-state index in [0.717, 1.165) is 38.5 Å². The molecule has 0 N–H and O–H groups in total. The Morgan fingerprint density at radius 2 is 0.514 bits per heavy atom. The van der Waals surface area contributed by atoms with Gasteiger partial charge in [-0.1, -0.05) is 136 Å². The van der Waals surface area contributed by atoms with E-state index in [1.54, 1.807) is 0 Å². The number of rotatable bonds is 24. The fourth-order valence-electron chi connectivity index (χ4n) is 3.68. The number of hydrogen-bond acceptors (Lipinski definition) is 6. The van der Waals surface area contributed by atoms with Crippen LogP contribution in [0.5, 0.6) is 0 Å². The molecule has 0 saturated carbocycles. The first-order valence-corrected chi connectivity index (χ1v) is 14.9. The van der Waals surface area contributed by atoms with Crippen molar-refractivity contribution in [3.63, 3.8) is 0 Å². The van der Waals surface area contributed by atoms with Crippen molar-refractivity contribution >= 4 is 17.9 Å². The summed E-state index contributed by atoms with van der Waals surface area (Å²) in [6.07, 6.45) is 25.0. The molecule has 0 amide bonds. The van der Waals surface area contributed by atoms with Crippen LogP contribution < -0.4 is 15.3 Å². The molecule has 0 fully saturated rings. The van der Waals surface area contributed by atoms with Gasteiger partial charge in [0.1, 0.15) is 0 Å². The summed E-state index contributed by atoms with van der Waals surface area (Å²) in [6.45, 7) is 6.57. The van der Waals surface area contributed by atoms with Gasteiger partial charge in [0.25, 0.3) is 0 Å². The topological polar surface area (TPSA) is 120 Å². The van der Waals surface area contributed by atoms with Crippen molar-refractivity contribution in [2.24, 2.45) is 0 Å². The molecule has 0 aromatic heterocycles. The molecular formula is C30H57O6Sm. The molecule has 0 aliphatic rings. The van der Waals surface area contributed by atoms with Gasteiger partial charge in [-0.05, 0) is 38.5 Å². The van der Waals surface area contributed by atoms with Crippen molar-refractivity contribution in [3.8, 4) is 0 Å². The Morgan fingerprint density at radius 3 is 0.676 bits per heavy atom. The summed E-state index contributed by atoms with van der Waals surface area (Å²) in [5, 5.41) is 30.1. The Balaban J connectivity index is -0.000000218. The SMILES string of the molecule is CCCCCCCCCC(=O)[O-].CCCCCCCCCC(=O)[O-].CCCCCCCCCC(=O)[O-].[Sm+3]. The van der Waals surface area contributed by atoms with Gasteiger partial charge in [-0.15, -0.1) is 0 Å². The molecule has 0 aromatic carbocycles. The zero-order chi connectivity index (χ0) is 27.7. The summed E-state index contributed by atoms with van der Waals surface area (Å²) in [7, 11) is 0. The van der Waals surface area contributed by atoms with Crippen LogP contribution in [0.25, 0.3) is 0 Å². The Kier molecular flexibility index (Phi) is 47.6. The maximum Gasteiger partial charge on any atom is 3.00 e. The van der Waals surface area contributed by atoms with E-state index in [0.29, 0.717) is 0 Å². The van der Waals surface area contributed by atoms with E-state index in [-0.39, 0.29) is 59.7 Å². The minimum Gasteiger partial charge on any atom is -0.550 e. The van der Waals surface area contributed by atoms with E-state index in [2.05, 4.69) is 20.8 Å². The van der Waals surface area contributed by atoms with Crippen molar-refractivity contribution in [3.05, 3.63) is 0 Å². The third-order valence-electron chi connectivity index (χ3n) is 5.95. The standard InChI is InChI=1S/3C10H20O2.Sm/c3*1-2-3-4-5-6-7-8-9-10(11)12;/h3*2-9H2,1H3,(H,11,12);/q;;;+3/p-3. The van der Waals surface area contributed by atoms with Gasteiger partial charge in [0.2, 0.25) is 0 Å². The van der Waals surface area contributed by atoms with E-state index in [1.807, 2.05) is 0 Å². The molecule has 0 rings (SSSR count). The zero-order valence-electron chi connectivity index (χ0n) is 24.3. The molecule has 0 unspecified atom stereocenters. The van der Waals surface area contributed by atoms with E-state index in [1.165, 1.54) is 96.3 Å². The zero-order valence-corrected chi connectivity index (χ0v) is 26.9. The van der Waals surface area contributed by atoms with E-state index < -0.39 is 17.9 Å². The van der Waals surface area contributed by atoms with Crippen LogP contribution in [0.15, 0.2) is 0 Å². The first kappa shape index (κ1) is 43.8. The molecule has 0 heterocycles. The number of hydrogen-bond donors (Lipinski definition) is 0. The number of carboxylic acid groups (broad SMARTS) is 3. The van der Waals surface area contributed by atoms with E-state index >= 15 is 0 Å². The second-order valence-corrected chi connectivity index (χ2v) is 9.73. The van der Waals surface area contributed by atoms with E-state index in [9.17, 15) is 29.7 Å². The van der Waals surface area contributed by atoms with Crippen LogP contribution in [-0.2, 0) is 14.4 Å². The minimum absolute atomic E-state index is 0. The maximum absolute atomic E-state index is 10.0. The summed E-state index contributed by atoms with van der Waals surface area (Å²) < 4.78 is 0. The van der Waals surface area contributed by atoms with Crippen molar-refractivity contribution in [1.29, 1.82) is 0 Å². The first-order valence-electron chi connectivity index (χ1n) is 14.9. The number of aliphatic carboxylic acids is 3. The molecule has 1 radical (unpaired) electrons. The largest absolute Gasteiger partial charge is 3.00 e. The summed E-state index contributed by atoms with van der Waals surface area (Å²) in [4.78, 5) is 30.1. The molecular weight excluding hydrogens is 607 g/mol. The fraction of sp³-hybridized carbons (Fsp3) is 0.900. The molecule has 0 bridgehead atoms. The molecule has 6 nitrogen and oxygen atoms in total. The third-order valence-corrected chi connectivity index (χ3v) is 5.95.